The summed E-state index contributed by atoms with van der Waals surface area (Å²) in [7, 11) is 1.68. The third-order valence-corrected chi connectivity index (χ3v) is 3.49. The van der Waals surface area contributed by atoms with Crippen molar-refractivity contribution in [2.75, 3.05) is 13.7 Å². The fourth-order valence-corrected chi connectivity index (χ4v) is 2.24. The summed E-state index contributed by atoms with van der Waals surface area (Å²) < 4.78 is 5.12. The topological polar surface area (TPSA) is 29.5 Å². The zero-order valence-corrected chi connectivity index (χ0v) is 9.20. The number of methoxy groups -OCH3 is 1. The van der Waals surface area contributed by atoms with E-state index < -0.39 is 0 Å². The van der Waals surface area contributed by atoms with Crippen molar-refractivity contribution in [3.63, 3.8) is 0 Å². The lowest BCUT2D eigenvalue weighted by atomic mass is 9.66. The number of hydrogen-bond acceptors (Lipinski definition) is 2. The molecule has 0 aromatic heterocycles. The maximum Gasteiger partial charge on any atom is 0.118 e. The van der Waals surface area contributed by atoms with Crippen molar-refractivity contribution >= 4 is 0 Å². The van der Waals surface area contributed by atoms with Gasteiger partial charge in [0.15, 0.2) is 0 Å². The Bertz CT molecular complexity index is 306. The number of rotatable bonds is 4. The third-order valence-electron chi connectivity index (χ3n) is 3.49. The summed E-state index contributed by atoms with van der Waals surface area (Å²) in [5.41, 5.74) is 1.47. The predicted molar refractivity (Wildman–Crippen MR) is 60.1 cm³/mol. The molecule has 82 valence electrons. The van der Waals surface area contributed by atoms with Crippen LogP contribution in [0.5, 0.6) is 5.75 Å². The minimum atomic E-state index is 0.175. The number of aliphatic hydroxyl groups excluding tert-OH is 1. The van der Waals surface area contributed by atoms with Crippen molar-refractivity contribution in [2.45, 2.75) is 25.7 Å². The second-order valence-electron chi connectivity index (χ2n) is 4.54. The van der Waals surface area contributed by atoms with Crippen LogP contribution >= 0.6 is 0 Å². The summed E-state index contributed by atoms with van der Waals surface area (Å²) >= 11 is 0. The Labute approximate surface area is 90.9 Å². The summed E-state index contributed by atoms with van der Waals surface area (Å²) in [6.07, 6.45) is 4.58. The highest BCUT2D eigenvalue weighted by Gasteiger charge is 2.36. The summed E-state index contributed by atoms with van der Waals surface area (Å²) in [5, 5.41) is 9.37. The van der Waals surface area contributed by atoms with Crippen LogP contribution in [0.1, 0.15) is 24.8 Å². The Kier molecular flexibility index (Phi) is 2.96. The first-order chi connectivity index (χ1) is 7.28. The lowest BCUT2D eigenvalue weighted by Gasteiger charge is -2.40. The molecule has 0 atom stereocenters. The van der Waals surface area contributed by atoms with Crippen LogP contribution in [0.15, 0.2) is 24.3 Å². The fraction of sp³-hybridized carbons (Fsp3) is 0.538. The first kappa shape index (κ1) is 10.5. The molecule has 1 aliphatic rings. The van der Waals surface area contributed by atoms with Gasteiger partial charge in [-0.05, 0) is 42.4 Å². The monoisotopic (exact) mass is 206 g/mol. The molecule has 1 aliphatic carbocycles. The van der Waals surface area contributed by atoms with E-state index in [1.807, 2.05) is 12.1 Å². The Balaban J connectivity index is 2.03. The number of hydrogen-bond donors (Lipinski definition) is 1. The highest BCUT2D eigenvalue weighted by atomic mass is 16.5. The predicted octanol–water partition coefficient (Wildman–Crippen LogP) is 2.40. The number of ether oxygens (including phenoxy) is 1. The van der Waals surface area contributed by atoms with E-state index in [2.05, 4.69) is 12.1 Å². The highest BCUT2D eigenvalue weighted by Crippen LogP contribution is 2.43. The van der Waals surface area contributed by atoms with Crippen LogP contribution in [0.2, 0.25) is 0 Å². The fourth-order valence-electron chi connectivity index (χ4n) is 2.24. The van der Waals surface area contributed by atoms with Gasteiger partial charge in [-0.15, -0.1) is 0 Å². The molecule has 0 unspecified atom stereocenters. The Morgan fingerprint density at radius 3 is 2.33 bits per heavy atom. The van der Waals surface area contributed by atoms with E-state index in [0.717, 1.165) is 25.0 Å². The summed E-state index contributed by atoms with van der Waals surface area (Å²) in [4.78, 5) is 0. The minimum absolute atomic E-state index is 0.175. The molecule has 0 radical (unpaired) electrons. The molecule has 1 N–H and O–H groups in total. The second kappa shape index (κ2) is 4.23. The maximum atomic E-state index is 9.37. The molecule has 2 heteroatoms. The van der Waals surface area contributed by atoms with Crippen LogP contribution in [0, 0.1) is 5.41 Å². The minimum Gasteiger partial charge on any atom is -0.497 e. The first-order valence-electron chi connectivity index (χ1n) is 5.52. The van der Waals surface area contributed by atoms with E-state index in [-0.39, 0.29) is 5.41 Å². The van der Waals surface area contributed by atoms with Crippen LogP contribution in [-0.2, 0) is 6.42 Å². The Morgan fingerprint density at radius 1 is 1.27 bits per heavy atom. The molecule has 0 amide bonds. The van der Waals surface area contributed by atoms with Crippen LogP contribution < -0.4 is 4.74 Å². The van der Waals surface area contributed by atoms with Gasteiger partial charge in [-0.3, -0.25) is 0 Å². The smallest absolute Gasteiger partial charge is 0.118 e. The molecule has 0 spiro atoms. The molecule has 1 fully saturated rings. The number of aliphatic hydroxyl groups is 1. The summed E-state index contributed by atoms with van der Waals surface area (Å²) in [6.45, 7) is 0.318. The van der Waals surface area contributed by atoms with Crippen LogP contribution in [0.3, 0.4) is 0 Å². The molecule has 0 heterocycles. The van der Waals surface area contributed by atoms with Crippen LogP contribution in [-0.4, -0.2) is 18.8 Å². The molecule has 1 aromatic carbocycles. The zero-order valence-electron chi connectivity index (χ0n) is 9.20. The zero-order chi connectivity index (χ0) is 10.7. The van der Waals surface area contributed by atoms with Crippen molar-refractivity contribution in [1.29, 1.82) is 0 Å². The van der Waals surface area contributed by atoms with Gasteiger partial charge in [0.1, 0.15) is 5.75 Å². The molecule has 2 nitrogen and oxygen atoms in total. The van der Waals surface area contributed by atoms with Crippen LogP contribution in [0.4, 0.5) is 0 Å². The van der Waals surface area contributed by atoms with Gasteiger partial charge in [0.2, 0.25) is 0 Å². The van der Waals surface area contributed by atoms with E-state index in [1.54, 1.807) is 7.11 Å². The highest BCUT2D eigenvalue weighted by molar-refractivity contribution is 5.28. The molecule has 1 saturated carbocycles. The van der Waals surface area contributed by atoms with E-state index in [4.69, 9.17) is 4.74 Å². The van der Waals surface area contributed by atoms with Gasteiger partial charge in [-0.2, -0.15) is 0 Å². The normalized spacial score (nSPS) is 18.3. The van der Waals surface area contributed by atoms with Crippen molar-refractivity contribution in [3.8, 4) is 5.75 Å². The van der Waals surface area contributed by atoms with Gasteiger partial charge in [-0.25, -0.2) is 0 Å². The molecular formula is C13H18O2. The SMILES string of the molecule is COc1ccc(CC2(CO)CCC2)cc1. The molecule has 0 saturated heterocycles. The molecule has 15 heavy (non-hydrogen) atoms. The van der Waals surface area contributed by atoms with E-state index in [1.165, 1.54) is 12.0 Å². The van der Waals surface area contributed by atoms with E-state index >= 15 is 0 Å². The van der Waals surface area contributed by atoms with E-state index in [0.29, 0.717) is 6.61 Å². The summed E-state index contributed by atoms with van der Waals surface area (Å²) in [6, 6.07) is 8.15. The van der Waals surface area contributed by atoms with Gasteiger partial charge in [0.05, 0.1) is 7.11 Å². The Hall–Kier alpha value is -1.02. The molecular weight excluding hydrogens is 188 g/mol. The quantitative estimate of drug-likeness (QED) is 0.819. The Morgan fingerprint density at radius 2 is 1.93 bits per heavy atom. The lowest BCUT2D eigenvalue weighted by Crippen LogP contribution is -2.35. The van der Waals surface area contributed by atoms with Gasteiger partial charge < -0.3 is 9.84 Å². The molecule has 2 rings (SSSR count). The van der Waals surface area contributed by atoms with Crippen molar-refractivity contribution in [2.24, 2.45) is 5.41 Å². The first-order valence-corrected chi connectivity index (χ1v) is 5.52. The van der Waals surface area contributed by atoms with Gasteiger partial charge >= 0.3 is 0 Å². The maximum absolute atomic E-state index is 9.37. The number of benzene rings is 1. The average molecular weight is 206 g/mol. The largest absolute Gasteiger partial charge is 0.497 e. The van der Waals surface area contributed by atoms with E-state index in [9.17, 15) is 5.11 Å². The molecule has 0 bridgehead atoms. The van der Waals surface area contributed by atoms with Crippen LogP contribution in [0.25, 0.3) is 0 Å². The summed E-state index contributed by atoms with van der Waals surface area (Å²) in [5.74, 6) is 0.894. The average Bonchev–Trinajstić information content (AvgIpc) is 2.24. The van der Waals surface area contributed by atoms with Gasteiger partial charge in [-0.1, -0.05) is 18.6 Å². The molecule has 1 aromatic rings. The second-order valence-corrected chi connectivity index (χ2v) is 4.54. The van der Waals surface area contributed by atoms with Crippen molar-refractivity contribution < 1.29 is 9.84 Å². The van der Waals surface area contributed by atoms with Crippen molar-refractivity contribution in [1.82, 2.24) is 0 Å². The lowest BCUT2D eigenvalue weighted by molar-refractivity contribution is 0.0450. The third kappa shape index (κ3) is 2.15. The van der Waals surface area contributed by atoms with Gasteiger partial charge in [0, 0.05) is 6.61 Å². The standard InChI is InChI=1S/C13H18O2/c1-15-12-5-3-11(4-6-12)9-13(10-14)7-2-8-13/h3-6,14H,2,7-10H2,1H3. The molecule has 0 aliphatic heterocycles. The van der Waals surface area contributed by atoms with Gasteiger partial charge in [0.25, 0.3) is 0 Å². The van der Waals surface area contributed by atoms with Crippen molar-refractivity contribution in [3.05, 3.63) is 29.8 Å².